The number of fused-ring (bicyclic) bond motifs is 6. The van der Waals surface area contributed by atoms with E-state index in [-0.39, 0.29) is 11.6 Å². The van der Waals surface area contributed by atoms with Gasteiger partial charge in [0.1, 0.15) is 0 Å². The fourth-order valence-electron chi connectivity index (χ4n) is 11.4. The number of benzene rings is 5. The van der Waals surface area contributed by atoms with E-state index >= 15 is 0 Å². The molecule has 0 aliphatic heterocycles. The zero-order chi connectivity index (χ0) is 49.8. The average molecular weight is 993 g/mol. The molecular weight excluding hydrogens is 917 g/mol. The van der Waals surface area contributed by atoms with Crippen molar-refractivity contribution in [1.82, 2.24) is 9.13 Å². The molecule has 0 aliphatic carbocycles. The number of nitrogens with zero attached hydrogens (tertiary/aromatic N) is 2. The molecule has 0 amide bonds. The number of carbonyl (C=O) groups is 2. The van der Waals surface area contributed by atoms with Crippen LogP contribution in [0.1, 0.15) is 175 Å². The van der Waals surface area contributed by atoms with Gasteiger partial charge in [-0.2, -0.15) is 0 Å². The van der Waals surface area contributed by atoms with E-state index in [1.54, 1.807) is 36.5 Å². The number of Topliss-reactive ketones (excluding diaryl/α,β-unsaturated/α-hetero) is 2. The molecule has 0 bridgehead atoms. The number of carbonyl (C=O) groups excluding carboxylic acids is 2. The van der Waals surface area contributed by atoms with Crippen LogP contribution < -0.4 is 0 Å². The first-order chi connectivity index (χ1) is 35.4. The molecule has 0 atom stereocenters. The van der Waals surface area contributed by atoms with Gasteiger partial charge in [-0.1, -0.05) is 202 Å². The van der Waals surface area contributed by atoms with Gasteiger partial charge in [0.25, 0.3) is 0 Å². The molecule has 4 nitrogen and oxygen atoms in total. The summed E-state index contributed by atoms with van der Waals surface area (Å²) in [4.78, 5) is 29.1. The second-order valence-corrected chi connectivity index (χ2v) is 22.7. The van der Waals surface area contributed by atoms with Crippen molar-refractivity contribution in [2.75, 3.05) is 0 Å². The van der Waals surface area contributed by atoms with Crippen LogP contribution in [0.25, 0.3) is 86.7 Å². The van der Waals surface area contributed by atoms with E-state index < -0.39 is 0 Å². The lowest BCUT2D eigenvalue weighted by molar-refractivity contribution is 0.101. The molecule has 374 valence electrons. The first-order valence-electron chi connectivity index (χ1n) is 27.8. The second-order valence-electron chi connectivity index (χ2n) is 20.5. The third kappa shape index (κ3) is 11.5. The van der Waals surface area contributed by atoms with Crippen molar-refractivity contribution >= 4 is 77.9 Å². The molecule has 4 aromatic heterocycles. The van der Waals surface area contributed by atoms with Gasteiger partial charge >= 0.3 is 0 Å². The van der Waals surface area contributed by atoms with Crippen molar-refractivity contribution in [3.05, 3.63) is 131 Å². The van der Waals surface area contributed by atoms with Crippen LogP contribution in [0.5, 0.6) is 0 Å². The van der Waals surface area contributed by atoms with E-state index in [1.165, 1.54) is 181 Å². The van der Waals surface area contributed by atoms with Gasteiger partial charge in [0.15, 0.2) is 11.6 Å². The Morgan fingerprint density at radius 2 is 0.736 bits per heavy atom. The van der Waals surface area contributed by atoms with Crippen LogP contribution in [0.3, 0.4) is 0 Å². The van der Waals surface area contributed by atoms with E-state index in [0.29, 0.717) is 0 Å². The lowest BCUT2D eigenvalue weighted by atomic mass is 9.89. The van der Waals surface area contributed by atoms with E-state index in [9.17, 15) is 9.59 Å². The highest BCUT2D eigenvalue weighted by molar-refractivity contribution is 7.17. The molecule has 0 unspecified atom stereocenters. The van der Waals surface area contributed by atoms with Gasteiger partial charge in [0.05, 0.1) is 20.8 Å². The average Bonchev–Trinajstić information content (AvgIpc) is 4.22. The molecule has 0 fully saturated rings. The van der Waals surface area contributed by atoms with E-state index in [2.05, 4.69) is 132 Å². The predicted molar refractivity (Wildman–Crippen MR) is 314 cm³/mol. The molecule has 0 spiro atoms. The quantitative estimate of drug-likeness (QED) is 0.0362. The zero-order valence-corrected chi connectivity index (χ0v) is 45.3. The minimum absolute atomic E-state index is 0.110. The largest absolute Gasteiger partial charge is 0.340 e. The van der Waals surface area contributed by atoms with Crippen LogP contribution >= 0.6 is 22.7 Å². The van der Waals surface area contributed by atoms with E-state index in [1.807, 2.05) is 12.1 Å². The highest BCUT2D eigenvalue weighted by Gasteiger charge is 2.29. The molecule has 0 saturated heterocycles. The highest BCUT2D eigenvalue weighted by Crippen LogP contribution is 2.52. The monoisotopic (exact) mass is 993 g/mol. The second kappa shape index (κ2) is 24.9. The molecule has 0 aliphatic rings. The summed E-state index contributed by atoms with van der Waals surface area (Å²) in [5.41, 5.74) is 12.4. The third-order valence-corrected chi connectivity index (χ3v) is 17.6. The first kappa shape index (κ1) is 51.3. The SMILES string of the molecule is CCCCCCCCCCCCn1c2ccc(-c3ccc(C(C)=O)s3)cc2c2c(-c3ccccc3)c3c(c(-c4ccccc4)c21)c1cc(-c2ccc(C(C)=O)s2)ccc1n3CCCCCCCCCCCC. The Labute approximate surface area is 437 Å². The van der Waals surface area contributed by atoms with Crippen molar-refractivity contribution < 1.29 is 9.59 Å². The summed E-state index contributed by atoms with van der Waals surface area (Å²) in [7, 11) is 0. The number of hydrogen-bond donors (Lipinski definition) is 0. The van der Waals surface area contributed by atoms with Crippen LogP contribution in [-0.4, -0.2) is 20.7 Å². The van der Waals surface area contributed by atoms with Crippen molar-refractivity contribution in [3.63, 3.8) is 0 Å². The van der Waals surface area contributed by atoms with Gasteiger partial charge in [-0.25, -0.2) is 0 Å². The molecule has 9 rings (SSSR count). The van der Waals surface area contributed by atoms with Crippen molar-refractivity contribution in [1.29, 1.82) is 0 Å². The Hall–Kier alpha value is -5.56. The highest BCUT2D eigenvalue weighted by atomic mass is 32.1. The number of ketones is 2. The van der Waals surface area contributed by atoms with E-state index in [0.717, 1.165) is 56.6 Å². The zero-order valence-electron chi connectivity index (χ0n) is 43.6. The fourth-order valence-corrected chi connectivity index (χ4v) is 13.2. The van der Waals surface area contributed by atoms with E-state index in [4.69, 9.17) is 0 Å². The van der Waals surface area contributed by atoms with Crippen LogP contribution in [0, 0.1) is 0 Å². The summed E-state index contributed by atoms with van der Waals surface area (Å²) in [5, 5.41) is 5.13. The number of unbranched alkanes of at least 4 members (excludes halogenated alkanes) is 18. The summed E-state index contributed by atoms with van der Waals surface area (Å²) in [6, 6.07) is 44.9. The molecule has 0 radical (unpaired) electrons. The minimum Gasteiger partial charge on any atom is -0.340 e. The molecule has 0 N–H and O–H groups in total. The van der Waals surface area contributed by atoms with Crippen LogP contribution in [0.15, 0.2) is 121 Å². The lowest BCUT2D eigenvalue weighted by Gasteiger charge is -2.18. The molecule has 5 aromatic carbocycles. The molecule has 0 saturated carbocycles. The summed E-state index contributed by atoms with van der Waals surface area (Å²) < 4.78 is 5.38. The summed E-state index contributed by atoms with van der Waals surface area (Å²) >= 11 is 3.19. The Morgan fingerprint density at radius 3 is 1.07 bits per heavy atom. The third-order valence-electron chi connectivity index (χ3n) is 15.2. The summed E-state index contributed by atoms with van der Waals surface area (Å²) in [6.45, 7) is 9.79. The first-order valence-corrected chi connectivity index (χ1v) is 29.4. The summed E-state index contributed by atoms with van der Waals surface area (Å²) in [6.07, 6.45) is 25.9. The topological polar surface area (TPSA) is 44.0 Å². The van der Waals surface area contributed by atoms with Crippen molar-refractivity contribution in [2.24, 2.45) is 0 Å². The molecule has 4 heterocycles. The van der Waals surface area contributed by atoms with Gasteiger partial charge in [-0.05, 0) is 97.5 Å². The van der Waals surface area contributed by atoms with Crippen molar-refractivity contribution in [2.45, 2.75) is 169 Å². The Bertz CT molecular complexity index is 3020. The maximum Gasteiger partial charge on any atom is 0.169 e. The van der Waals surface area contributed by atoms with Crippen LogP contribution in [0.4, 0.5) is 0 Å². The Balaban J connectivity index is 1.28. The van der Waals surface area contributed by atoms with Crippen LogP contribution in [0.2, 0.25) is 0 Å². The van der Waals surface area contributed by atoms with Gasteiger partial charge in [-0.15, -0.1) is 22.7 Å². The number of hydrogen-bond acceptors (Lipinski definition) is 4. The Kier molecular flexibility index (Phi) is 17.8. The van der Waals surface area contributed by atoms with Gasteiger partial charge in [-0.3, -0.25) is 9.59 Å². The van der Waals surface area contributed by atoms with Gasteiger partial charge in [0.2, 0.25) is 0 Å². The van der Waals surface area contributed by atoms with Crippen LogP contribution in [-0.2, 0) is 13.1 Å². The Morgan fingerprint density at radius 1 is 0.389 bits per heavy atom. The smallest absolute Gasteiger partial charge is 0.169 e. The normalized spacial score (nSPS) is 11.8. The lowest BCUT2D eigenvalue weighted by Crippen LogP contribution is -2.02. The predicted octanol–water partition coefficient (Wildman–Crippen LogP) is 20.9. The van der Waals surface area contributed by atoms with Gasteiger partial charge in [0, 0.05) is 66.5 Å². The standard InChI is InChI=1S/C66H76N2O2S2/c1-5-7-9-11-13-15-17-19-21-29-43-67-55-37-35-51(59-41-39-57(71-59)47(3)69)45-53(55)63-62(50-33-27-24-28-34-50)66-64(61(65(63)67)49-31-25-23-26-32-49)54-46-52(60-42-40-58(72-60)48(4)70)36-38-56(54)68(66)44-30-22-20-18-16-14-12-10-8-6-2/h23-28,31-42,45-46H,5-22,29-30,43-44H2,1-4H3. The summed E-state index contributed by atoms with van der Waals surface area (Å²) in [5.74, 6) is 0.219. The molecule has 9 aromatic rings. The molecular formula is C66H76N2O2S2. The minimum atomic E-state index is 0.110. The maximum atomic E-state index is 12.6. The molecule has 72 heavy (non-hydrogen) atoms. The van der Waals surface area contributed by atoms with Crippen molar-refractivity contribution in [3.8, 4) is 43.1 Å². The number of thiophene rings is 2. The number of aromatic nitrogens is 2. The van der Waals surface area contributed by atoms with Gasteiger partial charge < -0.3 is 9.13 Å². The number of rotatable bonds is 28. The fraction of sp³-hybridized carbons (Fsp3) is 0.394. The number of aryl methyl sites for hydroxylation is 2. The maximum absolute atomic E-state index is 12.6. The molecule has 6 heteroatoms.